The Hall–Kier alpha value is -3.92. The monoisotopic (exact) mass is 755 g/mol. The average Bonchev–Trinajstić information content (AvgIpc) is 3.81. The van der Waals surface area contributed by atoms with Crippen LogP contribution in [0.5, 0.6) is 5.88 Å². The van der Waals surface area contributed by atoms with Gasteiger partial charge in [0, 0.05) is 13.6 Å². The Morgan fingerprint density at radius 1 is 0.906 bits per heavy atom. The lowest BCUT2D eigenvalue weighted by Crippen LogP contribution is -2.44. The number of amides is 1. The number of imidazole rings is 1. The standard InChI is InChI=1S/C33H54FN9O10/c1-33(2,3)53-32(45)37-25-21-42(20-24(25)34)31-38-28(27-29(39-31)41(4)23-35-27)36-26-22-43(40-30(26)46-5)6-8-47-10-12-49-14-16-51-18-19-52-17-15-50-13-11-48-9-7-44/h22-25,44H,6-21H2,1-5H3,(H,37,45)(H,36,38,39)/t24-,25-/m1/s1. The summed E-state index contributed by atoms with van der Waals surface area (Å²) >= 11 is 0. The van der Waals surface area contributed by atoms with Crippen LogP contribution in [0.4, 0.5) is 26.6 Å². The van der Waals surface area contributed by atoms with Crippen molar-refractivity contribution < 1.29 is 52.2 Å². The number of aryl methyl sites for hydroxylation is 1. The fraction of sp³-hybridized carbons (Fsp3) is 0.727. The zero-order chi connectivity index (χ0) is 38.1. The third kappa shape index (κ3) is 14.1. The molecule has 0 radical (unpaired) electrons. The number of aliphatic hydroxyl groups is 1. The molecular formula is C33H54FN9O10. The molecule has 0 aromatic carbocycles. The fourth-order valence-corrected chi connectivity index (χ4v) is 5.05. The zero-order valence-electron chi connectivity index (χ0n) is 31.3. The van der Waals surface area contributed by atoms with E-state index < -0.39 is 23.9 Å². The molecule has 1 aliphatic heterocycles. The second-order valence-electron chi connectivity index (χ2n) is 12.9. The minimum absolute atomic E-state index is 0.00652. The summed E-state index contributed by atoms with van der Waals surface area (Å²) in [5.41, 5.74) is 0.881. The van der Waals surface area contributed by atoms with Gasteiger partial charge in [0.1, 0.15) is 17.5 Å². The number of aliphatic hydroxyl groups excluding tert-OH is 1. The van der Waals surface area contributed by atoms with E-state index in [9.17, 15) is 4.79 Å². The van der Waals surface area contributed by atoms with Crippen molar-refractivity contribution >= 4 is 34.7 Å². The summed E-state index contributed by atoms with van der Waals surface area (Å²) < 4.78 is 62.0. The molecule has 3 aromatic rings. The number of alkyl carbamates (subject to hydrolysis) is 1. The van der Waals surface area contributed by atoms with Crippen molar-refractivity contribution in [3.63, 3.8) is 0 Å². The molecule has 298 valence electrons. The van der Waals surface area contributed by atoms with E-state index in [-0.39, 0.29) is 25.6 Å². The van der Waals surface area contributed by atoms with Gasteiger partial charge < -0.3 is 63.1 Å². The van der Waals surface area contributed by atoms with Gasteiger partial charge in [-0.1, -0.05) is 0 Å². The van der Waals surface area contributed by atoms with Crippen LogP contribution in [0.2, 0.25) is 0 Å². The maximum atomic E-state index is 15.1. The summed E-state index contributed by atoms with van der Waals surface area (Å²) in [6, 6.07) is -0.794. The van der Waals surface area contributed by atoms with Gasteiger partial charge in [0.15, 0.2) is 17.0 Å². The molecule has 1 aliphatic rings. The topological polar surface area (TPSA) is 200 Å². The Bertz CT molecular complexity index is 1520. The zero-order valence-corrected chi connectivity index (χ0v) is 31.3. The van der Waals surface area contributed by atoms with Crippen molar-refractivity contribution in [3.05, 3.63) is 12.5 Å². The molecule has 4 heterocycles. The number of fused-ring (bicyclic) bond motifs is 1. The van der Waals surface area contributed by atoms with E-state index >= 15 is 4.39 Å². The molecular weight excluding hydrogens is 701 g/mol. The number of anilines is 3. The Kier molecular flexibility index (Phi) is 17.1. The largest absolute Gasteiger partial charge is 0.478 e. The summed E-state index contributed by atoms with van der Waals surface area (Å²) in [5.74, 6) is 0.997. The molecule has 1 fully saturated rings. The van der Waals surface area contributed by atoms with Crippen molar-refractivity contribution in [3.8, 4) is 5.88 Å². The van der Waals surface area contributed by atoms with Crippen LogP contribution < -0.4 is 20.3 Å². The molecule has 1 amide bonds. The molecule has 0 saturated carbocycles. The quantitative estimate of drug-likeness (QED) is 0.105. The lowest BCUT2D eigenvalue weighted by atomic mass is 10.2. The number of carbonyl (C=O) groups excluding carboxylic acids is 1. The van der Waals surface area contributed by atoms with Gasteiger partial charge in [-0.05, 0) is 20.8 Å². The predicted octanol–water partition coefficient (Wildman–Crippen LogP) is 1.46. The first-order chi connectivity index (χ1) is 25.6. The van der Waals surface area contributed by atoms with E-state index in [0.29, 0.717) is 114 Å². The molecule has 1 saturated heterocycles. The number of halogens is 1. The number of alkyl halides is 1. The van der Waals surface area contributed by atoms with E-state index in [0.717, 1.165) is 0 Å². The van der Waals surface area contributed by atoms with Gasteiger partial charge >= 0.3 is 6.09 Å². The molecule has 0 spiro atoms. The third-order valence-electron chi connectivity index (χ3n) is 7.52. The van der Waals surface area contributed by atoms with Crippen LogP contribution in [0, 0.1) is 0 Å². The molecule has 19 nitrogen and oxygen atoms in total. The SMILES string of the molecule is COc1nn(CCOCCOCCOCCOCCOCCOCCO)cc1Nc1nc(N2C[C@@H](F)[C@H](NC(=O)OC(C)(C)C)C2)nc2c1ncn2C. The highest BCUT2D eigenvalue weighted by molar-refractivity contribution is 5.87. The minimum atomic E-state index is -1.35. The normalized spacial score (nSPS) is 16.1. The minimum Gasteiger partial charge on any atom is -0.478 e. The van der Waals surface area contributed by atoms with Gasteiger partial charge in [-0.25, -0.2) is 14.2 Å². The second kappa shape index (κ2) is 21.7. The number of methoxy groups -OCH3 is 1. The lowest BCUT2D eigenvalue weighted by molar-refractivity contribution is -0.0184. The summed E-state index contributed by atoms with van der Waals surface area (Å²) in [5, 5.41) is 19.0. The molecule has 0 bridgehead atoms. The molecule has 0 aliphatic carbocycles. The molecule has 3 N–H and O–H groups in total. The number of nitrogens with one attached hydrogen (secondary N) is 2. The molecule has 20 heteroatoms. The number of hydrogen-bond donors (Lipinski definition) is 3. The van der Waals surface area contributed by atoms with Gasteiger partial charge in [0.05, 0.1) is 125 Å². The van der Waals surface area contributed by atoms with Crippen LogP contribution in [0.3, 0.4) is 0 Å². The van der Waals surface area contributed by atoms with Crippen LogP contribution in [0.15, 0.2) is 12.5 Å². The van der Waals surface area contributed by atoms with E-state index in [1.54, 1.807) is 54.5 Å². The number of hydrogen-bond acceptors (Lipinski definition) is 16. The molecule has 2 atom stereocenters. The Morgan fingerprint density at radius 2 is 1.49 bits per heavy atom. The first-order valence-electron chi connectivity index (χ1n) is 17.6. The van der Waals surface area contributed by atoms with Gasteiger partial charge in [-0.2, -0.15) is 9.97 Å². The molecule has 0 unspecified atom stereocenters. The van der Waals surface area contributed by atoms with Crippen molar-refractivity contribution in [1.29, 1.82) is 0 Å². The van der Waals surface area contributed by atoms with Crippen LogP contribution in [-0.4, -0.2) is 164 Å². The maximum absolute atomic E-state index is 15.1. The summed E-state index contributed by atoms with van der Waals surface area (Å²) in [6.07, 6.45) is 1.36. The van der Waals surface area contributed by atoms with E-state index in [2.05, 4.69) is 25.7 Å². The summed E-state index contributed by atoms with van der Waals surface area (Å²) in [7, 11) is 3.32. The van der Waals surface area contributed by atoms with Gasteiger partial charge in [-0.3, -0.25) is 4.68 Å². The smallest absolute Gasteiger partial charge is 0.408 e. The maximum Gasteiger partial charge on any atom is 0.408 e. The Morgan fingerprint density at radius 3 is 2.06 bits per heavy atom. The Labute approximate surface area is 308 Å². The van der Waals surface area contributed by atoms with Crippen LogP contribution in [-0.2, 0) is 46.8 Å². The number of ether oxygens (including phenoxy) is 8. The third-order valence-corrected chi connectivity index (χ3v) is 7.52. The van der Waals surface area contributed by atoms with E-state index in [4.69, 9.17) is 48.0 Å². The Balaban J connectivity index is 1.17. The molecule has 3 aromatic heterocycles. The predicted molar refractivity (Wildman–Crippen MR) is 191 cm³/mol. The first-order valence-corrected chi connectivity index (χ1v) is 17.6. The number of carbonyl (C=O) groups is 1. The number of rotatable bonds is 25. The van der Waals surface area contributed by atoms with Gasteiger partial charge in [0.25, 0.3) is 5.88 Å². The highest BCUT2D eigenvalue weighted by Gasteiger charge is 2.37. The molecule has 53 heavy (non-hydrogen) atoms. The van der Waals surface area contributed by atoms with Crippen molar-refractivity contribution in [2.45, 2.75) is 45.1 Å². The fourth-order valence-electron chi connectivity index (χ4n) is 5.05. The first kappa shape index (κ1) is 41.8. The highest BCUT2D eigenvalue weighted by atomic mass is 19.1. The van der Waals surface area contributed by atoms with Gasteiger partial charge in [0.2, 0.25) is 5.95 Å². The lowest BCUT2D eigenvalue weighted by Gasteiger charge is -2.22. The van der Waals surface area contributed by atoms with Crippen LogP contribution in [0.25, 0.3) is 11.2 Å². The van der Waals surface area contributed by atoms with Gasteiger partial charge in [-0.15, -0.1) is 5.10 Å². The summed E-state index contributed by atoms with van der Waals surface area (Å²) in [6.45, 7) is 11.0. The van der Waals surface area contributed by atoms with Crippen LogP contribution in [0.1, 0.15) is 20.8 Å². The van der Waals surface area contributed by atoms with Crippen molar-refractivity contribution in [2.75, 3.05) is 116 Å². The average molecular weight is 756 g/mol. The highest BCUT2D eigenvalue weighted by Crippen LogP contribution is 2.31. The summed E-state index contributed by atoms with van der Waals surface area (Å²) in [4.78, 5) is 27.8. The molecule has 4 rings (SSSR count). The second-order valence-corrected chi connectivity index (χ2v) is 12.9. The van der Waals surface area contributed by atoms with E-state index in [1.807, 2.05) is 0 Å². The van der Waals surface area contributed by atoms with E-state index in [1.165, 1.54) is 7.11 Å². The van der Waals surface area contributed by atoms with Crippen molar-refractivity contribution in [2.24, 2.45) is 7.05 Å². The van der Waals surface area contributed by atoms with Crippen molar-refractivity contribution in [1.82, 2.24) is 34.6 Å². The number of nitrogens with zero attached hydrogens (tertiary/aromatic N) is 7. The van der Waals surface area contributed by atoms with Crippen LogP contribution >= 0.6 is 0 Å². The number of aromatic nitrogens is 6.